The second-order valence-corrected chi connectivity index (χ2v) is 6.29. The van der Waals surface area contributed by atoms with Crippen LogP contribution in [-0.4, -0.2) is 30.6 Å². The van der Waals surface area contributed by atoms with Gasteiger partial charge >= 0.3 is 12.0 Å². The van der Waals surface area contributed by atoms with Gasteiger partial charge in [0.25, 0.3) is 5.91 Å². The first-order valence-corrected chi connectivity index (χ1v) is 8.27. The van der Waals surface area contributed by atoms with Crippen molar-refractivity contribution in [1.82, 2.24) is 5.32 Å². The van der Waals surface area contributed by atoms with Gasteiger partial charge in [0.15, 0.2) is 12.7 Å². The van der Waals surface area contributed by atoms with Crippen LogP contribution in [0.2, 0.25) is 5.02 Å². The molecule has 0 aliphatic carbocycles. The zero-order valence-corrected chi connectivity index (χ0v) is 15.1. The normalized spacial score (nSPS) is 11.8. The number of esters is 1. The molecule has 7 nitrogen and oxygen atoms in total. The Hall–Kier alpha value is -2.80. The summed E-state index contributed by atoms with van der Waals surface area (Å²) in [6.45, 7) is 2.94. The number of hydrogen-bond acceptors (Lipinski definition) is 5. The molecule has 3 N–H and O–H groups in total. The fourth-order valence-corrected chi connectivity index (χ4v) is 2.59. The van der Waals surface area contributed by atoms with Crippen molar-refractivity contribution in [3.8, 4) is 5.75 Å². The van der Waals surface area contributed by atoms with Crippen molar-refractivity contribution in [2.24, 2.45) is 11.7 Å². The van der Waals surface area contributed by atoms with Crippen molar-refractivity contribution in [2.45, 2.75) is 20.0 Å². The number of primary amides is 1. The van der Waals surface area contributed by atoms with Crippen LogP contribution >= 0.6 is 11.6 Å². The minimum Gasteiger partial charge on any atom is -0.481 e. The van der Waals surface area contributed by atoms with Crippen LogP contribution in [0.1, 0.15) is 13.8 Å². The summed E-state index contributed by atoms with van der Waals surface area (Å²) in [5, 5.41) is 4.01. The van der Waals surface area contributed by atoms with Gasteiger partial charge in [-0.25, -0.2) is 9.59 Å². The van der Waals surface area contributed by atoms with Crippen molar-refractivity contribution >= 4 is 40.3 Å². The standard InChI is InChI=1S/C18H19ClN2O5/c1-10(2)16(17(23)21-18(20)24)26-15(22)9-25-14-8-7-13(19)11-5-3-4-6-12(11)14/h3-8,10,16H,9H2,1-2H3,(H3,20,21,23,24)/t16-/m1/s1. The summed E-state index contributed by atoms with van der Waals surface area (Å²) in [7, 11) is 0. The molecule has 0 unspecified atom stereocenters. The molecule has 0 saturated heterocycles. The Balaban J connectivity index is 2.05. The molecule has 0 aromatic heterocycles. The van der Waals surface area contributed by atoms with Crippen molar-refractivity contribution in [1.29, 1.82) is 0 Å². The van der Waals surface area contributed by atoms with E-state index >= 15 is 0 Å². The molecule has 3 amide bonds. The number of nitrogens with one attached hydrogen (secondary N) is 1. The number of halogens is 1. The number of fused-ring (bicyclic) bond motifs is 1. The molecule has 2 aromatic carbocycles. The third-order valence-corrected chi connectivity index (χ3v) is 3.87. The predicted octanol–water partition coefficient (Wildman–Crippen LogP) is 2.63. The van der Waals surface area contributed by atoms with Gasteiger partial charge in [0.05, 0.1) is 0 Å². The summed E-state index contributed by atoms with van der Waals surface area (Å²) in [6.07, 6.45) is -1.15. The van der Waals surface area contributed by atoms with Crippen molar-refractivity contribution < 1.29 is 23.9 Å². The molecule has 2 aromatic rings. The van der Waals surface area contributed by atoms with E-state index in [4.69, 9.17) is 26.8 Å². The van der Waals surface area contributed by atoms with Crippen LogP contribution in [0.3, 0.4) is 0 Å². The minimum absolute atomic E-state index is 0.352. The molecule has 0 aliphatic rings. The van der Waals surface area contributed by atoms with Gasteiger partial charge in [0.2, 0.25) is 0 Å². The van der Waals surface area contributed by atoms with Crippen LogP contribution in [-0.2, 0) is 14.3 Å². The number of benzene rings is 2. The lowest BCUT2D eigenvalue weighted by Gasteiger charge is -2.20. The van der Waals surface area contributed by atoms with E-state index in [0.29, 0.717) is 10.8 Å². The van der Waals surface area contributed by atoms with E-state index < -0.39 is 30.6 Å². The minimum atomic E-state index is -1.15. The highest BCUT2D eigenvalue weighted by molar-refractivity contribution is 6.35. The maximum atomic E-state index is 12.1. The van der Waals surface area contributed by atoms with Gasteiger partial charge < -0.3 is 15.2 Å². The first kappa shape index (κ1) is 19.5. The lowest BCUT2D eigenvalue weighted by molar-refractivity contribution is -0.160. The van der Waals surface area contributed by atoms with E-state index in [2.05, 4.69) is 0 Å². The van der Waals surface area contributed by atoms with Gasteiger partial charge in [-0.2, -0.15) is 0 Å². The number of carbonyl (C=O) groups excluding carboxylic acids is 3. The Bertz CT molecular complexity index is 837. The largest absolute Gasteiger partial charge is 0.481 e. The topological polar surface area (TPSA) is 108 Å². The Morgan fingerprint density at radius 2 is 1.77 bits per heavy atom. The summed E-state index contributed by atoms with van der Waals surface area (Å²) in [6, 6.07) is 9.63. The average Bonchev–Trinajstić information content (AvgIpc) is 2.58. The lowest BCUT2D eigenvalue weighted by Crippen LogP contribution is -2.46. The van der Waals surface area contributed by atoms with E-state index in [9.17, 15) is 14.4 Å². The molecule has 0 saturated carbocycles. The molecule has 0 bridgehead atoms. The molecule has 138 valence electrons. The number of carbonyl (C=O) groups is 3. The van der Waals surface area contributed by atoms with Gasteiger partial charge in [-0.15, -0.1) is 0 Å². The monoisotopic (exact) mass is 378 g/mol. The summed E-state index contributed by atoms with van der Waals surface area (Å²) in [4.78, 5) is 34.7. The molecule has 0 heterocycles. The number of amides is 3. The summed E-state index contributed by atoms with van der Waals surface area (Å²) < 4.78 is 10.6. The zero-order chi connectivity index (χ0) is 19.3. The maximum Gasteiger partial charge on any atom is 0.344 e. The first-order chi connectivity index (χ1) is 12.3. The molecule has 26 heavy (non-hydrogen) atoms. The Morgan fingerprint density at radius 3 is 2.38 bits per heavy atom. The first-order valence-electron chi connectivity index (χ1n) is 7.89. The van der Waals surface area contributed by atoms with E-state index in [-0.39, 0.29) is 5.92 Å². The average molecular weight is 379 g/mol. The van der Waals surface area contributed by atoms with Crippen LogP contribution in [0.15, 0.2) is 36.4 Å². The zero-order valence-electron chi connectivity index (χ0n) is 14.3. The summed E-state index contributed by atoms with van der Waals surface area (Å²) in [5.74, 6) is -1.42. The lowest BCUT2D eigenvalue weighted by atomic mass is 10.1. The van der Waals surface area contributed by atoms with Crippen LogP contribution in [0.4, 0.5) is 4.79 Å². The Kier molecular flexibility index (Phi) is 6.41. The molecule has 0 aliphatic heterocycles. The van der Waals surface area contributed by atoms with Crippen molar-refractivity contribution in [3.05, 3.63) is 41.4 Å². The summed E-state index contributed by atoms with van der Waals surface area (Å²) in [5.41, 5.74) is 4.91. The number of hydrogen-bond donors (Lipinski definition) is 2. The quantitative estimate of drug-likeness (QED) is 0.751. The third-order valence-electron chi connectivity index (χ3n) is 3.55. The predicted molar refractivity (Wildman–Crippen MR) is 96.9 cm³/mol. The van der Waals surface area contributed by atoms with E-state index in [1.54, 1.807) is 26.0 Å². The fraction of sp³-hybridized carbons (Fsp3) is 0.278. The van der Waals surface area contributed by atoms with Gasteiger partial charge in [-0.3, -0.25) is 10.1 Å². The number of nitrogens with two attached hydrogens (primary N) is 1. The Labute approximate surface area is 155 Å². The molecule has 0 fully saturated rings. The van der Waals surface area contributed by atoms with Crippen LogP contribution in [0.25, 0.3) is 10.8 Å². The number of urea groups is 1. The molecule has 1 atom stereocenters. The van der Waals surface area contributed by atoms with Gasteiger partial charge in [-0.1, -0.05) is 49.7 Å². The SMILES string of the molecule is CC(C)[C@@H](OC(=O)COc1ccc(Cl)c2ccccc12)C(=O)NC(N)=O. The molecule has 0 radical (unpaired) electrons. The van der Waals surface area contributed by atoms with Gasteiger partial charge in [0, 0.05) is 15.8 Å². The fourth-order valence-electron chi connectivity index (χ4n) is 2.36. The molecule has 2 rings (SSSR count). The smallest absolute Gasteiger partial charge is 0.344 e. The molecule has 0 spiro atoms. The van der Waals surface area contributed by atoms with Crippen molar-refractivity contribution in [3.63, 3.8) is 0 Å². The molecular weight excluding hydrogens is 360 g/mol. The van der Waals surface area contributed by atoms with Gasteiger partial charge in [0.1, 0.15) is 5.75 Å². The second-order valence-electron chi connectivity index (χ2n) is 5.89. The van der Waals surface area contributed by atoms with E-state index in [1.165, 1.54) is 0 Å². The van der Waals surface area contributed by atoms with E-state index in [0.717, 1.165) is 10.8 Å². The maximum absolute atomic E-state index is 12.1. The molecule has 8 heteroatoms. The third kappa shape index (κ3) is 4.86. The highest BCUT2D eigenvalue weighted by atomic mass is 35.5. The number of rotatable bonds is 6. The van der Waals surface area contributed by atoms with Crippen LogP contribution < -0.4 is 15.8 Å². The number of ether oxygens (including phenoxy) is 2. The molecular formula is C18H19ClN2O5. The van der Waals surface area contributed by atoms with Crippen LogP contribution in [0, 0.1) is 5.92 Å². The highest BCUT2D eigenvalue weighted by Gasteiger charge is 2.27. The van der Waals surface area contributed by atoms with Crippen LogP contribution in [0.5, 0.6) is 5.75 Å². The second kappa shape index (κ2) is 8.53. The van der Waals surface area contributed by atoms with Gasteiger partial charge in [-0.05, 0) is 18.1 Å². The summed E-state index contributed by atoms with van der Waals surface area (Å²) >= 11 is 6.14. The van der Waals surface area contributed by atoms with Crippen molar-refractivity contribution in [2.75, 3.05) is 6.61 Å². The van der Waals surface area contributed by atoms with E-state index in [1.807, 2.05) is 29.6 Å². The number of imide groups is 1. The highest BCUT2D eigenvalue weighted by Crippen LogP contribution is 2.31. The Morgan fingerprint density at radius 1 is 1.12 bits per heavy atom.